The molecule has 46 valence electrons. The minimum absolute atomic E-state index is 0.0405. The molecule has 0 aromatic rings. The molecule has 1 aliphatic heterocycles. The standard InChI is InChI=1S/C4H7NO3/c6-3-1-5(3)2-4(7)8/h3,6H,1-2H2,(H,7,8). The number of aliphatic hydroxyl groups is 1. The molecule has 8 heavy (non-hydrogen) atoms. The second-order valence-electron chi connectivity index (χ2n) is 1.80. The normalized spacial score (nSPS) is 34.6. The Morgan fingerprint density at radius 1 is 1.88 bits per heavy atom. The molecule has 1 fully saturated rings. The van der Waals surface area contributed by atoms with Crippen LogP contribution in [0.4, 0.5) is 0 Å². The number of hydrogen-bond donors (Lipinski definition) is 2. The number of nitrogens with zero attached hydrogens (tertiary/aromatic N) is 1. The smallest absolute Gasteiger partial charge is 0.317 e. The first kappa shape index (κ1) is 5.53. The first-order valence-corrected chi connectivity index (χ1v) is 2.34. The Bertz CT molecular complexity index is 114. The SMILES string of the molecule is O=C(O)CN1CC1O. The fourth-order valence-corrected chi connectivity index (χ4v) is 0.506. The zero-order chi connectivity index (χ0) is 6.15. The van der Waals surface area contributed by atoms with Gasteiger partial charge in [0.2, 0.25) is 0 Å². The third-order valence-corrected chi connectivity index (χ3v) is 1.02. The fourth-order valence-electron chi connectivity index (χ4n) is 0.506. The van der Waals surface area contributed by atoms with E-state index in [9.17, 15) is 4.79 Å². The number of rotatable bonds is 2. The van der Waals surface area contributed by atoms with Gasteiger partial charge in [-0.1, -0.05) is 0 Å². The predicted molar refractivity (Wildman–Crippen MR) is 25.2 cm³/mol. The van der Waals surface area contributed by atoms with Crippen molar-refractivity contribution in [3.63, 3.8) is 0 Å². The Labute approximate surface area is 46.3 Å². The highest BCUT2D eigenvalue weighted by Crippen LogP contribution is 2.11. The molecule has 2 atom stereocenters. The molecule has 2 unspecified atom stereocenters. The Hall–Kier alpha value is -0.610. The van der Waals surface area contributed by atoms with Crippen LogP contribution in [0.15, 0.2) is 0 Å². The van der Waals surface area contributed by atoms with E-state index in [1.165, 1.54) is 4.90 Å². The maximum absolute atomic E-state index is 9.84. The average Bonchev–Trinajstić information content (AvgIpc) is 2.17. The quantitative estimate of drug-likeness (QED) is 0.441. The van der Waals surface area contributed by atoms with Gasteiger partial charge in [-0.25, -0.2) is 0 Å². The highest BCUT2D eigenvalue weighted by atomic mass is 16.4. The molecule has 2 N–H and O–H groups in total. The van der Waals surface area contributed by atoms with Gasteiger partial charge < -0.3 is 10.2 Å². The van der Waals surface area contributed by atoms with E-state index in [1.54, 1.807) is 0 Å². The number of β-amino-alcohol motifs (C(OH)–C–C–N with tert-alkyl or cyclic N) is 1. The molecule has 4 heteroatoms. The van der Waals surface area contributed by atoms with E-state index in [2.05, 4.69) is 0 Å². The number of aliphatic carboxylic acids is 1. The van der Waals surface area contributed by atoms with Crippen LogP contribution in [0.1, 0.15) is 0 Å². The summed E-state index contributed by atoms with van der Waals surface area (Å²) in [6, 6.07) is 0. The highest BCUT2D eigenvalue weighted by Gasteiger charge is 2.32. The topological polar surface area (TPSA) is 60.5 Å². The van der Waals surface area contributed by atoms with Gasteiger partial charge in [-0.3, -0.25) is 9.69 Å². The third kappa shape index (κ3) is 1.18. The Kier molecular flexibility index (Phi) is 1.19. The minimum atomic E-state index is -0.887. The summed E-state index contributed by atoms with van der Waals surface area (Å²) in [7, 11) is 0. The number of carbonyl (C=O) groups is 1. The van der Waals surface area contributed by atoms with Gasteiger partial charge >= 0.3 is 5.97 Å². The van der Waals surface area contributed by atoms with Crippen molar-refractivity contribution in [2.24, 2.45) is 0 Å². The van der Waals surface area contributed by atoms with E-state index >= 15 is 0 Å². The van der Waals surface area contributed by atoms with Gasteiger partial charge in [-0.2, -0.15) is 0 Å². The number of carboxylic acids is 1. The van der Waals surface area contributed by atoms with Crippen LogP contribution in [-0.4, -0.2) is 40.4 Å². The van der Waals surface area contributed by atoms with Gasteiger partial charge in [0, 0.05) is 6.54 Å². The summed E-state index contributed by atoms with van der Waals surface area (Å²) in [5.41, 5.74) is 0. The molecule has 4 nitrogen and oxygen atoms in total. The van der Waals surface area contributed by atoms with Crippen molar-refractivity contribution in [1.29, 1.82) is 0 Å². The van der Waals surface area contributed by atoms with Gasteiger partial charge in [0.1, 0.15) is 6.23 Å². The Balaban J connectivity index is 2.14. The summed E-state index contributed by atoms with van der Waals surface area (Å²) in [6.45, 7) is 0.466. The molecule has 0 bridgehead atoms. The molecular formula is C4H7NO3. The second-order valence-corrected chi connectivity index (χ2v) is 1.80. The summed E-state index contributed by atoms with van der Waals surface area (Å²) in [5.74, 6) is -0.887. The van der Waals surface area contributed by atoms with Crippen molar-refractivity contribution in [1.82, 2.24) is 4.90 Å². The average molecular weight is 117 g/mol. The van der Waals surface area contributed by atoms with Crippen molar-refractivity contribution in [2.75, 3.05) is 13.1 Å². The Morgan fingerprint density at radius 2 is 2.38 bits per heavy atom. The van der Waals surface area contributed by atoms with Crippen LogP contribution < -0.4 is 0 Å². The maximum atomic E-state index is 9.84. The number of carboxylic acid groups (broad SMARTS) is 1. The fraction of sp³-hybridized carbons (Fsp3) is 0.750. The summed E-state index contributed by atoms with van der Waals surface area (Å²) in [6.07, 6.45) is -0.494. The van der Waals surface area contributed by atoms with Crippen LogP contribution in [0, 0.1) is 0 Å². The van der Waals surface area contributed by atoms with Crippen molar-refractivity contribution in [3.05, 3.63) is 0 Å². The van der Waals surface area contributed by atoms with Gasteiger partial charge in [-0.15, -0.1) is 0 Å². The molecule has 1 heterocycles. The van der Waals surface area contributed by atoms with Crippen LogP contribution in [0.3, 0.4) is 0 Å². The second kappa shape index (κ2) is 1.72. The lowest BCUT2D eigenvalue weighted by Crippen LogP contribution is -2.13. The first-order chi connectivity index (χ1) is 3.70. The lowest BCUT2D eigenvalue weighted by atomic mass is 10.7. The van der Waals surface area contributed by atoms with Gasteiger partial charge in [0.25, 0.3) is 0 Å². The van der Waals surface area contributed by atoms with Crippen LogP contribution >= 0.6 is 0 Å². The molecule has 0 aromatic carbocycles. The van der Waals surface area contributed by atoms with Crippen LogP contribution in [0.25, 0.3) is 0 Å². The van der Waals surface area contributed by atoms with Gasteiger partial charge in [0.15, 0.2) is 0 Å². The van der Waals surface area contributed by atoms with E-state index in [4.69, 9.17) is 10.2 Å². The van der Waals surface area contributed by atoms with Gasteiger partial charge in [-0.05, 0) is 0 Å². The van der Waals surface area contributed by atoms with Gasteiger partial charge in [0.05, 0.1) is 6.54 Å². The number of aliphatic hydroxyl groups excluding tert-OH is 1. The summed E-state index contributed by atoms with van der Waals surface area (Å²) in [4.78, 5) is 11.3. The molecule has 1 aliphatic rings. The summed E-state index contributed by atoms with van der Waals surface area (Å²) < 4.78 is 0. The first-order valence-electron chi connectivity index (χ1n) is 2.34. The predicted octanol–water partition coefficient (Wildman–Crippen LogP) is -1.30. The minimum Gasteiger partial charge on any atom is -0.480 e. The van der Waals surface area contributed by atoms with E-state index in [1.807, 2.05) is 0 Å². The number of hydrogen-bond acceptors (Lipinski definition) is 3. The van der Waals surface area contributed by atoms with Crippen LogP contribution in [0.2, 0.25) is 0 Å². The van der Waals surface area contributed by atoms with Crippen LogP contribution in [-0.2, 0) is 4.79 Å². The van der Waals surface area contributed by atoms with E-state index in [-0.39, 0.29) is 6.54 Å². The molecule has 0 aliphatic carbocycles. The van der Waals surface area contributed by atoms with Crippen LogP contribution in [0.5, 0.6) is 0 Å². The Morgan fingerprint density at radius 3 is 2.50 bits per heavy atom. The molecular weight excluding hydrogens is 110 g/mol. The van der Waals surface area contributed by atoms with E-state index < -0.39 is 12.2 Å². The zero-order valence-electron chi connectivity index (χ0n) is 4.24. The maximum Gasteiger partial charge on any atom is 0.317 e. The van der Waals surface area contributed by atoms with Crippen molar-refractivity contribution in [3.8, 4) is 0 Å². The molecule has 0 amide bonds. The van der Waals surface area contributed by atoms with E-state index in [0.717, 1.165) is 0 Å². The lowest BCUT2D eigenvalue weighted by Gasteiger charge is -1.90. The molecule has 1 rings (SSSR count). The van der Waals surface area contributed by atoms with Crippen molar-refractivity contribution < 1.29 is 15.0 Å². The summed E-state index contributed by atoms with van der Waals surface area (Å²) >= 11 is 0. The third-order valence-electron chi connectivity index (χ3n) is 1.02. The summed E-state index contributed by atoms with van der Waals surface area (Å²) in [5, 5.41) is 16.6. The van der Waals surface area contributed by atoms with Crippen molar-refractivity contribution >= 4 is 5.97 Å². The highest BCUT2D eigenvalue weighted by molar-refractivity contribution is 5.69. The largest absolute Gasteiger partial charge is 0.480 e. The van der Waals surface area contributed by atoms with Crippen molar-refractivity contribution in [2.45, 2.75) is 6.23 Å². The molecule has 0 saturated carbocycles. The molecule has 0 aromatic heterocycles. The zero-order valence-corrected chi connectivity index (χ0v) is 4.24. The molecule has 0 radical (unpaired) electrons. The van der Waals surface area contributed by atoms with E-state index in [0.29, 0.717) is 6.54 Å². The molecule has 0 spiro atoms. The lowest BCUT2D eigenvalue weighted by molar-refractivity contribution is -0.137. The molecule has 1 saturated heterocycles. The monoisotopic (exact) mass is 117 g/mol.